The van der Waals surface area contributed by atoms with Gasteiger partial charge >= 0.3 is 0 Å². The number of hydrogen-bond acceptors (Lipinski definition) is 3. The van der Waals surface area contributed by atoms with Crippen LogP contribution < -0.4 is 4.74 Å². The van der Waals surface area contributed by atoms with Gasteiger partial charge in [0, 0.05) is 54.8 Å². The van der Waals surface area contributed by atoms with Crippen LogP contribution in [0.25, 0.3) is 10.9 Å². The van der Waals surface area contributed by atoms with Crippen LogP contribution in [0.5, 0.6) is 5.75 Å². The van der Waals surface area contributed by atoms with E-state index in [1.165, 1.54) is 5.56 Å². The molecule has 5 rings (SSSR count). The summed E-state index contributed by atoms with van der Waals surface area (Å²) in [5, 5.41) is 1.05. The molecule has 6 nitrogen and oxygen atoms in total. The number of piperidine rings is 1. The van der Waals surface area contributed by atoms with Crippen molar-refractivity contribution in [1.29, 1.82) is 0 Å². The summed E-state index contributed by atoms with van der Waals surface area (Å²) in [6, 6.07) is 16.1. The molecule has 1 unspecified atom stereocenters. The molecule has 6 heteroatoms. The van der Waals surface area contributed by atoms with E-state index < -0.39 is 0 Å². The SMILES string of the molecule is COc1cccc(CC(C2CCN(C(=O)c3ccc4[nH]ccc4c3)CC2)N(C)C(=O)C2CC2)c1. The highest BCUT2D eigenvalue weighted by Crippen LogP contribution is 2.34. The average Bonchev–Trinajstić information content (AvgIpc) is 3.63. The highest BCUT2D eigenvalue weighted by atomic mass is 16.5. The zero-order valence-corrected chi connectivity index (χ0v) is 20.0. The molecule has 0 bridgehead atoms. The Morgan fingerprint density at radius 3 is 2.62 bits per heavy atom. The second kappa shape index (κ2) is 9.53. The molecule has 1 aliphatic heterocycles. The molecule has 2 aliphatic rings. The monoisotopic (exact) mass is 459 g/mol. The van der Waals surface area contributed by atoms with Crippen molar-refractivity contribution in [3.63, 3.8) is 0 Å². The van der Waals surface area contributed by atoms with Crippen LogP contribution in [-0.2, 0) is 11.2 Å². The molecule has 2 amide bonds. The molecular weight excluding hydrogens is 426 g/mol. The summed E-state index contributed by atoms with van der Waals surface area (Å²) in [5.74, 6) is 1.75. The maximum absolute atomic E-state index is 13.2. The molecule has 1 saturated carbocycles. The molecule has 0 radical (unpaired) electrons. The van der Waals surface area contributed by atoms with Crippen molar-refractivity contribution in [3.8, 4) is 5.75 Å². The van der Waals surface area contributed by atoms with Gasteiger partial charge in [-0.1, -0.05) is 12.1 Å². The highest BCUT2D eigenvalue weighted by Gasteiger charge is 2.38. The maximum Gasteiger partial charge on any atom is 0.253 e. The number of hydrogen-bond donors (Lipinski definition) is 1. The predicted molar refractivity (Wildman–Crippen MR) is 133 cm³/mol. The van der Waals surface area contributed by atoms with Gasteiger partial charge in [-0.3, -0.25) is 9.59 Å². The lowest BCUT2D eigenvalue weighted by atomic mass is 9.84. The van der Waals surface area contributed by atoms with Gasteiger partial charge in [-0.15, -0.1) is 0 Å². The van der Waals surface area contributed by atoms with Crippen molar-refractivity contribution in [2.75, 3.05) is 27.2 Å². The molecule has 2 fully saturated rings. The Hall–Kier alpha value is -3.28. The summed E-state index contributed by atoms with van der Waals surface area (Å²) in [7, 11) is 3.65. The van der Waals surface area contributed by atoms with Gasteiger partial charge in [-0.2, -0.15) is 0 Å². The number of likely N-dealkylation sites (tertiary alicyclic amines) is 1. The largest absolute Gasteiger partial charge is 0.497 e. The van der Waals surface area contributed by atoms with Gasteiger partial charge in [0.25, 0.3) is 5.91 Å². The van der Waals surface area contributed by atoms with Crippen molar-refractivity contribution in [2.24, 2.45) is 11.8 Å². The first-order chi connectivity index (χ1) is 16.5. The Bertz CT molecular complexity index is 1170. The third kappa shape index (κ3) is 4.67. The Balaban J connectivity index is 1.29. The number of rotatable bonds is 7. The van der Waals surface area contributed by atoms with Gasteiger partial charge in [-0.05, 0) is 80.0 Å². The van der Waals surface area contributed by atoms with Crippen molar-refractivity contribution >= 4 is 22.7 Å². The smallest absolute Gasteiger partial charge is 0.253 e. The van der Waals surface area contributed by atoms with E-state index in [1.807, 2.05) is 59.4 Å². The fraction of sp³-hybridized carbons (Fsp3) is 0.429. The topological polar surface area (TPSA) is 65.6 Å². The van der Waals surface area contributed by atoms with Crippen LogP contribution in [0.3, 0.4) is 0 Å². The second-order valence-corrected chi connectivity index (χ2v) is 9.76. The number of carbonyl (C=O) groups excluding carboxylic acids is 2. The number of H-pyrrole nitrogens is 1. The van der Waals surface area contributed by atoms with Crippen molar-refractivity contribution in [2.45, 2.75) is 38.1 Å². The molecule has 1 atom stereocenters. The number of fused-ring (bicyclic) bond motifs is 1. The van der Waals surface area contributed by atoms with Gasteiger partial charge in [0.1, 0.15) is 5.75 Å². The van der Waals surface area contributed by atoms with E-state index >= 15 is 0 Å². The van der Waals surface area contributed by atoms with Crippen LogP contribution in [0.4, 0.5) is 0 Å². The Labute approximate surface area is 200 Å². The third-order valence-electron chi connectivity index (χ3n) is 7.52. The number of nitrogens with one attached hydrogen (secondary N) is 1. The van der Waals surface area contributed by atoms with Crippen LogP contribution >= 0.6 is 0 Å². The van der Waals surface area contributed by atoms with Gasteiger partial charge in [0.2, 0.25) is 5.91 Å². The number of carbonyl (C=O) groups is 2. The van der Waals surface area contributed by atoms with Crippen molar-refractivity contribution < 1.29 is 14.3 Å². The van der Waals surface area contributed by atoms with E-state index in [4.69, 9.17) is 4.74 Å². The number of aromatic amines is 1. The van der Waals surface area contributed by atoms with Crippen LogP contribution in [-0.4, -0.2) is 59.9 Å². The molecule has 3 aromatic rings. The number of likely N-dealkylation sites (N-methyl/N-ethyl adjacent to an activating group) is 1. The second-order valence-electron chi connectivity index (χ2n) is 9.76. The summed E-state index contributed by atoms with van der Waals surface area (Å²) in [6.45, 7) is 1.43. The van der Waals surface area contributed by atoms with Crippen molar-refractivity contribution in [1.82, 2.24) is 14.8 Å². The predicted octanol–water partition coefficient (Wildman–Crippen LogP) is 4.51. The third-order valence-corrected chi connectivity index (χ3v) is 7.52. The van der Waals surface area contributed by atoms with Crippen LogP contribution in [0, 0.1) is 11.8 Å². The minimum atomic E-state index is 0.0910. The summed E-state index contributed by atoms with van der Waals surface area (Å²) in [6.07, 6.45) is 6.51. The van der Waals surface area contributed by atoms with Crippen LogP contribution in [0.15, 0.2) is 54.7 Å². The maximum atomic E-state index is 13.2. The number of benzene rings is 2. The van der Waals surface area contributed by atoms with Crippen LogP contribution in [0.2, 0.25) is 0 Å². The molecule has 2 heterocycles. The molecule has 0 spiro atoms. The minimum Gasteiger partial charge on any atom is -0.497 e. The van der Waals surface area contributed by atoms with Crippen molar-refractivity contribution in [3.05, 3.63) is 65.9 Å². The summed E-state index contributed by atoms with van der Waals surface area (Å²) < 4.78 is 5.42. The molecule has 178 valence electrons. The number of aromatic nitrogens is 1. The van der Waals surface area contributed by atoms with Gasteiger partial charge in [0.05, 0.1) is 7.11 Å². The number of nitrogens with zero attached hydrogens (tertiary/aromatic N) is 2. The lowest BCUT2D eigenvalue weighted by molar-refractivity contribution is -0.134. The Morgan fingerprint density at radius 1 is 1.09 bits per heavy atom. The average molecular weight is 460 g/mol. The van der Waals surface area contributed by atoms with Gasteiger partial charge in [0.15, 0.2) is 0 Å². The van der Waals surface area contributed by atoms with Gasteiger partial charge in [-0.25, -0.2) is 0 Å². The highest BCUT2D eigenvalue weighted by molar-refractivity contribution is 5.98. The first-order valence-corrected chi connectivity index (χ1v) is 12.3. The minimum absolute atomic E-state index is 0.0910. The lowest BCUT2D eigenvalue weighted by Gasteiger charge is -2.40. The van der Waals surface area contributed by atoms with E-state index in [9.17, 15) is 9.59 Å². The van der Waals surface area contributed by atoms with E-state index in [0.717, 1.165) is 67.4 Å². The zero-order valence-electron chi connectivity index (χ0n) is 20.0. The normalized spacial score (nSPS) is 17.5. The fourth-order valence-electron chi connectivity index (χ4n) is 5.30. The van der Waals surface area contributed by atoms with Crippen LogP contribution in [0.1, 0.15) is 41.6 Å². The molecule has 1 saturated heterocycles. The Kier molecular flexibility index (Phi) is 6.31. The quantitative estimate of drug-likeness (QED) is 0.565. The summed E-state index contributed by atoms with van der Waals surface area (Å²) >= 11 is 0. The molecule has 1 aromatic heterocycles. The lowest BCUT2D eigenvalue weighted by Crippen LogP contribution is -2.48. The van der Waals surface area contributed by atoms with E-state index in [2.05, 4.69) is 17.1 Å². The molecular formula is C28H33N3O3. The number of ether oxygens (including phenoxy) is 1. The van der Waals surface area contributed by atoms with Gasteiger partial charge < -0.3 is 19.5 Å². The summed E-state index contributed by atoms with van der Waals surface area (Å²) in [5.41, 5.74) is 2.96. The fourth-order valence-corrected chi connectivity index (χ4v) is 5.30. The zero-order chi connectivity index (χ0) is 23.7. The summed E-state index contributed by atoms with van der Waals surface area (Å²) in [4.78, 5) is 33.3. The molecule has 1 aliphatic carbocycles. The van der Waals surface area contributed by atoms with E-state index in [1.54, 1.807) is 7.11 Å². The first-order valence-electron chi connectivity index (χ1n) is 12.3. The number of methoxy groups -OCH3 is 1. The number of amides is 2. The molecule has 34 heavy (non-hydrogen) atoms. The Morgan fingerprint density at radius 2 is 1.88 bits per heavy atom. The first kappa shape index (κ1) is 22.5. The van der Waals surface area contributed by atoms with E-state index in [0.29, 0.717) is 5.92 Å². The van der Waals surface area contributed by atoms with E-state index in [-0.39, 0.29) is 23.8 Å². The molecule has 1 N–H and O–H groups in total. The standard InChI is InChI=1S/C28H33N3O3/c1-30(27(32)21-6-7-21)26(17-19-4-3-5-24(16-19)34-2)20-11-14-31(15-12-20)28(33)23-8-9-25-22(18-23)10-13-29-25/h3-5,8-10,13,16,18,20-21,26,29H,6-7,11-12,14-15,17H2,1-2H3. The molecule has 2 aromatic carbocycles.